The fraction of sp³-hybridized carbons (Fsp3) is 0.556. The minimum Gasteiger partial charge on any atom is -0.550 e. The standard InChI is InChI=1S/C18H25NO3/c1-17(2)14(9-11-18(17,3)16(21)22)15(20)19-12-10-13-7-5-4-6-8-13/h4-8,14H,9-12H2,1-3H3,(H,19,20)(H,21,22)/p-1. The molecule has 1 aromatic rings. The smallest absolute Gasteiger partial charge is 0.223 e. The van der Waals surface area contributed by atoms with E-state index in [-0.39, 0.29) is 11.8 Å². The number of hydrogen-bond donors (Lipinski definition) is 1. The fourth-order valence-electron chi connectivity index (χ4n) is 3.42. The third kappa shape index (κ3) is 2.87. The predicted octanol–water partition coefficient (Wildman–Crippen LogP) is 1.54. The Morgan fingerprint density at radius 2 is 1.86 bits per heavy atom. The summed E-state index contributed by atoms with van der Waals surface area (Å²) in [6.07, 6.45) is 1.85. The highest BCUT2D eigenvalue weighted by atomic mass is 16.4. The van der Waals surface area contributed by atoms with E-state index in [1.807, 2.05) is 44.2 Å². The second kappa shape index (κ2) is 6.11. The molecule has 1 saturated carbocycles. The van der Waals surface area contributed by atoms with Gasteiger partial charge in [0.2, 0.25) is 5.91 Å². The van der Waals surface area contributed by atoms with Gasteiger partial charge in [0.25, 0.3) is 0 Å². The normalized spacial score (nSPS) is 26.6. The van der Waals surface area contributed by atoms with E-state index < -0.39 is 16.8 Å². The highest BCUT2D eigenvalue weighted by molar-refractivity contribution is 5.83. The molecule has 2 atom stereocenters. The Hall–Kier alpha value is -1.84. The molecule has 2 unspecified atom stereocenters. The van der Waals surface area contributed by atoms with E-state index in [4.69, 9.17) is 0 Å². The molecule has 2 rings (SSSR count). The van der Waals surface area contributed by atoms with Crippen LogP contribution < -0.4 is 10.4 Å². The van der Waals surface area contributed by atoms with Crippen molar-refractivity contribution in [3.05, 3.63) is 35.9 Å². The molecule has 0 aliphatic heterocycles. The molecule has 0 radical (unpaired) electrons. The quantitative estimate of drug-likeness (QED) is 0.897. The van der Waals surface area contributed by atoms with Crippen molar-refractivity contribution in [1.82, 2.24) is 5.32 Å². The molecule has 0 aromatic heterocycles. The number of nitrogens with one attached hydrogen (secondary N) is 1. The van der Waals surface area contributed by atoms with Crippen molar-refractivity contribution < 1.29 is 14.7 Å². The van der Waals surface area contributed by atoms with Gasteiger partial charge in [-0.1, -0.05) is 51.1 Å². The second-order valence-corrected chi connectivity index (χ2v) is 6.96. The Labute approximate surface area is 131 Å². The number of rotatable bonds is 5. The van der Waals surface area contributed by atoms with Gasteiger partial charge in [-0.15, -0.1) is 0 Å². The van der Waals surface area contributed by atoms with Crippen LogP contribution in [0.2, 0.25) is 0 Å². The summed E-state index contributed by atoms with van der Waals surface area (Å²) in [4.78, 5) is 23.9. The van der Waals surface area contributed by atoms with Gasteiger partial charge in [0, 0.05) is 23.8 Å². The monoisotopic (exact) mass is 302 g/mol. The van der Waals surface area contributed by atoms with Crippen molar-refractivity contribution >= 4 is 11.9 Å². The zero-order valence-corrected chi connectivity index (χ0v) is 13.5. The molecule has 1 fully saturated rings. The molecule has 0 spiro atoms. The maximum Gasteiger partial charge on any atom is 0.223 e. The van der Waals surface area contributed by atoms with Gasteiger partial charge in [0.15, 0.2) is 0 Å². The minimum atomic E-state index is -1.06. The maximum atomic E-state index is 12.4. The lowest BCUT2D eigenvalue weighted by Gasteiger charge is -2.41. The highest BCUT2D eigenvalue weighted by Crippen LogP contribution is 2.55. The topological polar surface area (TPSA) is 69.2 Å². The highest BCUT2D eigenvalue weighted by Gasteiger charge is 2.54. The number of carboxylic acids is 1. The molecule has 0 saturated heterocycles. The number of benzene rings is 1. The predicted molar refractivity (Wildman–Crippen MR) is 82.8 cm³/mol. The van der Waals surface area contributed by atoms with Crippen LogP contribution in [-0.2, 0) is 16.0 Å². The first-order valence-electron chi connectivity index (χ1n) is 7.82. The van der Waals surface area contributed by atoms with Crippen LogP contribution in [0.1, 0.15) is 39.2 Å². The summed E-state index contributed by atoms with van der Waals surface area (Å²) in [5, 5.41) is 14.4. The number of carboxylic acid groups (broad SMARTS) is 1. The van der Waals surface area contributed by atoms with Crippen molar-refractivity contribution in [3.63, 3.8) is 0 Å². The summed E-state index contributed by atoms with van der Waals surface area (Å²) in [6.45, 7) is 5.98. The summed E-state index contributed by atoms with van der Waals surface area (Å²) in [5.74, 6) is -1.39. The van der Waals surface area contributed by atoms with Gasteiger partial charge in [-0.2, -0.15) is 0 Å². The van der Waals surface area contributed by atoms with E-state index in [9.17, 15) is 14.7 Å². The molecule has 4 nitrogen and oxygen atoms in total. The Bertz CT molecular complexity index is 553. The van der Waals surface area contributed by atoms with E-state index in [1.165, 1.54) is 5.56 Å². The molecule has 120 valence electrons. The van der Waals surface area contributed by atoms with Gasteiger partial charge in [-0.25, -0.2) is 0 Å². The Kier molecular flexibility index (Phi) is 4.59. The third-order valence-electron chi connectivity index (χ3n) is 5.55. The van der Waals surface area contributed by atoms with E-state index in [2.05, 4.69) is 5.32 Å². The van der Waals surface area contributed by atoms with Crippen LogP contribution in [0.4, 0.5) is 0 Å². The van der Waals surface area contributed by atoms with E-state index >= 15 is 0 Å². The largest absolute Gasteiger partial charge is 0.550 e. The van der Waals surface area contributed by atoms with Crippen LogP contribution in [0.3, 0.4) is 0 Å². The van der Waals surface area contributed by atoms with Crippen LogP contribution >= 0.6 is 0 Å². The Morgan fingerprint density at radius 3 is 2.41 bits per heavy atom. The average Bonchev–Trinajstić information content (AvgIpc) is 2.72. The molecule has 1 aromatic carbocycles. The van der Waals surface area contributed by atoms with Gasteiger partial charge in [0.1, 0.15) is 0 Å². The Balaban J connectivity index is 1.95. The number of amides is 1. The summed E-state index contributed by atoms with van der Waals surface area (Å²) in [7, 11) is 0. The van der Waals surface area contributed by atoms with Gasteiger partial charge >= 0.3 is 0 Å². The molecule has 0 bridgehead atoms. The molecule has 1 amide bonds. The minimum absolute atomic E-state index is 0.0501. The van der Waals surface area contributed by atoms with Crippen LogP contribution in [0, 0.1) is 16.7 Å². The number of hydrogen-bond acceptors (Lipinski definition) is 3. The zero-order valence-electron chi connectivity index (χ0n) is 13.5. The van der Waals surface area contributed by atoms with Crippen molar-refractivity contribution in [2.75, 3.05) is 6.54 Å². The molecule has 1 aliphatic rings. The SMILES string of the molecule is CC1(C(=O)[O-])CCC(C(=O)NCCc2ccccc2)C1(C)C. The molecule has 22 heavy (non-hydrogen) atoms. The lowest BCUT2D eigenvalue weighted by atomic mass is 9.65. The van der Waals surface area contributed by atoms with Crippen LogP contribution in [0.15, 0.2) is 30.3 Å². The molecule has 1 N–H and O–H groups in total. The lowest BCUT2D eigenvalue weighted by molar-refractivity contribution is -0.323. The molecule has 0 heterocycles. The number of aliphatic carboxylic acids is 1. The first kappa shape index (κ1) is 16.5. The molecular weight excluding hydrogens is 278 g/mol. The first-order chi connectivity index (χ1) is 10.3. The van der Waals surface area contributed by atoms with E-state index in [0.29, 0.717) is 19.4 Å². The van der Waals surface area contributed by atoms with Gasteiger partial charge < -0.3 is 15.2 Å². The van der Waals surface area contributed by atoms with Crippen molar-refractivity contribution in [2.45, 2.75) is 40.0 Å². The fourth-order valence-corrected chi connectivity index (χ4v) is 3.42. The van der Waals surface area contributed by atoms with Crippen LogP contribution in [-0.4, -0.2) is 18.4 Å². The van der Waals surface area contributed by atoms with Crippen molar-refractivity contribution in [1.29, 1.82) is 0 Å². The van der Waals surface area contributed by atoms with Crippen molar-refractivity contribution in [3.8, 4) is 0 Å². The summed E-state index contributed by atoms with van der Waals surface area (Å²) < 4.78 is 0. The van der Waals surface area contributed by atoms with Crippen molar-refractivity contribution in [2.24, 2.45) is 16.7 Å². The lowest BCUT2D eigenvalue weighted by Crippen LogP contribution is -2.50. The third-order valence-corrected chi connectivity index (χ3v) is 5.55. The van der Waals surface area contributed by atoms with Gasteiger partial charge in [-0.05, 0) is 30.2 Å². The summed E-state index contributed by atoms with van der Waals surface area (Å²) in [5.41, 5.74) is -0.384. The first-order valence-corrected chi connectivity index (χ1v) is 7.82. The molecule has 4 heteroatoms. The molecule has 1 aliphatic carbocycles. The molecular formula is C18H24NO3-. The Morgan fingerprint density at radius 1 is 1.23 bits per heavy atom. The summed E-state index contributed by atoms with van der Waals surface area (Å²) in [6, 6.07) is 9.96. The average molecular weight is 302 g/mol. The zero-order chi connectivity index (χ0) is 16.4. The van der Waals surface area contributed by atoms with E-state index in [0.717, 1.165) is 6.42 Å². The summed E-state index contributed by atoms with van der Waals surface area (Å²) >= 11 is 0. The maximum absolute atomic E-state index is 12.4. The number of carbonyl (C=O) groups is 2. The van der Waals surface area contributed by atoms with Gasteiger partial charge in [-0.3, -0.25) is 4.79 Å². The van der Waals surface area contributed by atoms with Crippen LogP contribution in [0.5, 0.6) is 0 Å². The van der Waals surface area contributed by atoms with Crippen LogP contribution in [0.25, 0.3) is 0 Å². The van der Waals surface area contributed by atoms with E-state index in [1.54, 1.807) is 6.92 Å². The number of carbonyl (C=O) groups excluding carboxylic acids is 2. The van der Waals surface area contributed by atoms with Gasteiger partial charge in [0.05, 0.1) is 0 Å². The second-order valence-electron chi connectivity index (χ2n) is 6.96.